The molecule has 0 saturated heterocycles. The summed E-state index contributed by atoms with van der Waals surface area (Å²) in [5.74, 6) is 1.41. The lowest BCUT2D eigenvalue weighted by atomic mass is 9.94. The van der Waals surface area contributed by atoms with Gasteiger partial charge in [-0.2, -0.15) is 11.8 Å². The molecular weight excluding hydrogens is 314 g/mol. The average molecular weight is 339 g/mol. The number of carbonyl (C=O) groups is 1. The molecule has 2 atom stereocenters. The molecule has 2 rings (SSSR count). The third-order valence-corrected chi connectivity index (χ3v) is 5.34. The molecule has 0 aromatic heterocycles. The standard InChI is InChI=1S/C17H25NO4S/c1-20-14-10-16(22-3)15(21-2)9-13(14)17(19)18-11-6-5-7-12(8-11)23-4/h9-12H,5-8H2,1-4H3,(H,18,19)/t11-,12-/m1/s1. The lowest BCUT2D eigenvalue weighted by Crippen LogP contribution is -2.39. The maximum Gasteiger partial charge on any atom is 0.255 e. The third-order valence-electron chi connectivity index (χ3n) is 4.24. The molecule has 0 heterocycles. The van der Waals surface area contributed by atoms with Crippen LogP contribution in [0.1, 0.15) is 36.0 Å². The van der Waals surface area contributed by atoms with Crippen LogP contribution in [-0.2, 0) is 0 Å². The topological polar surface area (TPSA) is 56.8 Å². The molecule has 1 aliphatic carbocycles. The molecule has 0 spiro atoms. The van der Waals surface area contributed by atoms with Gasteiger partial charge in [-0.05, 0) is 25.5 Å². The van der Waals surface area contributed by atoms with Crippen molar-refractivity contribution in [1.29, 1.82) is 0 Å². The fraction of sp³-hybridized carbons (Fsp3) is 0.588. The summed E-state index contributed by atoms with van der Waals surface area (Å²) in [5, 5.41) is 3.76. The van der Waals surface area contributed by atoms with E-state index in [-0.39, 0.29) is 11.9 Å². The second-order valence-electron chi connectivity index (χ2n) is 5.60. The van der Waals surface area contributed by atoms with Gasteiger partial charge in [0.15, 0.2) is 11.5 Å². The van der Waals surface area contributed by atoms with E-state index in [4.69, 9.17) is 14.2 Å². The summed E-state index contributed by atoms with van der Waals surface area (Å²) in [5.41, 5.74) is 0.469. The summed E-state index contributed by atoms with van der Waals surface area (Å²) < 4.78 is 15.9. The number of methoxy groups -OCH3 is 3. The van der Waals surface area contributed by atoms with E-state index in [1.54, 1.807) is 33.5 Å². The quantitative estimate of drug-likeness (QED) is 0.863. The lowest BCUT2D eigenvalue weighted by molar-refractivity contribution is 0.0925. The Bertz CT molecular complexity index is 550. The van der Waals surface area contributed by atoms with E-state index in [1.165, 1.54) is 6.42 Å². The molecule has 1 aliphatic rings. The number of carbonyl (C=O) groups excluding carboxylic acids is 1. The molecule has 1 aromatic carbocycles. The normalized spacial score (nSPS) is 20.7. The van der Waals surface area contributed by atoms with Gasteiger partial charge >= 0.3 is 0 Å². The second kappa shape index (κ2) is 8.34. The monoisotopic (exact) mass is 339 g/mol. The Labute approximate surface area is 142 Å². The first-order chi connectivity index (χ1) is 11.1. The summed E-state index contributed by atoms with van der Waals surface area (Å²) >= 11 is 1.88. The van der Waals surface area contributed by atoms with Crippen molar-refractivity contribution in [3.63, 3.8) is 0 Å². The Kier molecular flexibility index (Phi) is 6.45. The van der Waals surface area contributed by atoms with Gasteiger partial charge in [-0.25, -0.2) is 0 Å². The predicted octanol–water partition coefficient (Wildman–Crippen LogP) is 3.12. The van der Waals surface area contributed by atoms with Crippen molar-refractivity contribution in [1.82, 2.24) is 5.32 Å². The smallest absolute Gasteiger partial charge is 0.255 e. The molecule has 128 valence electrons. The first kappa shape index (κ1) is 17.8. The van der Waals surface area contributed by atoms with Gasteiger partial charge in [-0.1, -0.05) is 6.42 Å². The maximum atomic E-state index is 12.7. The highest BCUT2D eigenvalue weighted by Gasteiger charge is 2.25. The third kappa shape index (κ3) is 4.25. The summed E-state index contributed by atoms with van der Waals surface area (Å²) in [6.07, 6.45) is 6.56. The van der Waals surface area contributed by atoms with Gasteiger partial charge in [0.05, 0.1) is 26.9 Å². The number of benzene rings is 1. The molecule has 0 radical (unpaired) electrons. The Morgan fingerprint density at radius 2 is 1.74 bits per heavy atom. The highest BCUT2D eigenvalue weighted by Crippen LogP contribution is 2.35. The Morgan fingerprint density at radius 1 is 1.09 bits per heavy atom. The molecule has 6 heteroatoms. The Morgan fingerprint density at radius 3 is 2.35 bits per heavy atom. The molecular formula is C17H25NO4S. The maximum absolute atomic E-state index is 12.7. The lowest BCUT2D eigenvalue weighted by Gasteiger charge is -2.28. The van der Waals surface area contributed by atoms with Crippen LogP contribution in [0.2, 0.25) is 0 Å². The number of nitrogens with one attached hydrogen (secondary N) is 1. The molecule has 1 fully saturated rings. The van der Waals surface area contributed by atoms with Crippen molar-refractivity contribution in [3.05, 3.63) is 17.7 Å². The zero-order valence-electron chi connectivity index (χ0n) is 14.2. The highest BCUT2D eigenvalue weighted by atomic mass is 32.2. The number of hydrogen-bond acceptors (Lipinski definition) is 5. The zero-order valence-corrected chi connectivity index (χ0v) is 15.0. The molecule has 0 bridgehead atoms. The van der Waals surface area contributed by atoms with E-state index < -0.39 is 0 Å². The first-order valence-electron chi connectivity index (χ1n) is 7.76. The SMILES string of the molecule is COc1cc(OC)c(C(=O)N[C@@H]2CCC[C@@H](SC)C2)cc1OC. The van der Waals surface area contributed by atoms with Crippen LogP contribution in [0.3, 0.4) is 0 Å². The van der Waals surface area contributed by atoms with Gasteiger partial charge in [-0.15, -0.1) is 0 Å². The van der Waals surface area contributed by atoms with Crippen molar-refractivity contribution in [2.75, 3.05) is 27.6 Å². The van der Waals surface area contributed by atoms with Gasteiger partial charge < -0.3 is 19.5 Å². The van der Waals surface area contributed by atoms with E-state index in [1.807, 2.05) is 11.8 Å². The van der Waals surface area contributed by atoms with Crippen LogP contribution >= 0.6 is 11.8 Å². The number of thioether (sulfide) groups is 1. The minimum atomic E-state index is -0.130. The molecule has 5 nitrogen and oxygen atoms in total. The largest absolute Gasteiger partial charge is 0.496 e. The van der Waals surface area contributed by atoms with E-state index in [9.17, 15) is 4.79 Å². The molecule has 1 N–H and O–H groups in total. The van der Waals surface area contributed by atoms with E-state index >= 15 is 0 Å². The van der Waals surface area contributed by atoms with Crippen LogP contribution in [0.5, 0.6) is 17.2 Å². The van der Waals surface area contributed by atoms with Gasteiger partial charge in [-0.3, -0.25) is 4.79 Å². The summed E-state index contributed by atoms with van der Waals surface area (Å²) in [4.78, 5) is 12.7. The van der Waals surface area contributed by atoms with Crippen LogP contribution in [0.25, 0.3) is 0 Å². The molecule has 1 saturated carbocycles. The number of rotatable bonds is 6. The van der Waals surface area contributed by atoms with Gasteiger partial charge in [0.25, 0.3) is 5.91 Å². The van der Waals surface area contributed by atoms with Crippen LogP contribution < -0.4 is 19.5 Å². The average Bonchev–Trinajstić information content (AvgIpc) is 2.60. The van der Waals surface area contributed by atoms with Gasteiger partial charge in [0, 0.05) is 23.4 Å². The van der Waals surface area contributed by atoms with E-state index in [0.29, 0.717) is 28.1 Å². The predicted molar refractivity (Wildman–Crippen MR) is 93.1 cm³/mol. The molecule has 1 amide bonds. The number of ether oxygens (including phenoxy) is 3. The Hall–Kier alpha value is -1.56. The van der Waals surface area contributed by atoms with Crippen LogP contribution in [0, 0.1) is 0 Å². The van der Waals surface area contributed by atoms with E-state index in [2.05, 4.69) is 11.6 Å². The van der Waals surface area contributed by atoms with Crippen molar-refractivity contribution >= 4 is 17.7 Å². The van der Waals surface area contributed by atoms with Gasteiger partial charge in [0.2, 0.25) is 0 Å². The minimum Gasteiger partial charge on any atom is -0.496 e. The van der Waals surface area contributed by atoms with Crippen molar-refractivity contribution in [3.8, 4) is 17.2 Å². The van der Waals surface area contributed by atoms with Crippen LogP contribution in [0.4, 0.5) is 0 Å². The first-order valence-corrected chi connectivity index (χ1v) is 9.05. The van der Waals surface area contributed by atoms with Crippen LogP contribution in [0.15, 0.2) is 12.1 Å². The highest BCUT2D eigenvalue weighted by molar-refractivity contribution is 7.99. The number of amides is 1. The van der Waals surface area contributed by atoms with Crippen molar-refractivity contribution in [2.24, 2.45) is 0 Å². The van der Waals surface area contributed by atoms with E-state index in [0.717, 1.165) is 19.3 Å². The molecule has 0 unspecified atom stereocenters. The fourth-order valence-corrected chi connectivity index (χ4v) is 3.79. The van der Waals surface area contributed by atoms with Crippen molar-refractivity contribution in [2.45, 2.75) is 37.0 Å². The van der Waals surface area contributed by atoms with Crippen LogP contribution in [-0.4, -0.2) is 44.8 Å². The van der Waals surface area contributed by atoms with Crippen molar-refractivity contribution < 1.29 is 19.0 Å². The minimum absolute atomic E-state index is 0.130. The van der Waals surface area contributed by atoms with Gasteiger partial charge in [0.1, 0.15) is 5.75 Å². The fourth-order valence-electron chi connectivity index (χ4n) is 2.96. The molecule has 23 heavy (non-hydrogen) atoms. The second-order valence-corrected chi connectivity index (χ2v) is 6.74. The summed E-state index contributed by atoms with van der Waals surface area (Å²) in [6, 6.07) is 3.56. The Balaban J connectivity index is 2.17. The number of hydrogen-bond donors (Lipinski definition) is 1. The summed E-state index contributed by atoms with van der Waals surface area (Å²) in [7, 11) is 4.65. The molecule has 1 aromatic rings. The summed E-state index contributed by atoms with van der Waals surface area (Å²) in [6.45, 7) is 0. The molecule has 0 aliphatic heterocycles. The zero-order chi connectivity index (χ0) is 16.8.